The van der Waals surface area contributed by atoms with Crippen molar-refractivity contribution in [1.29, 1.82) is 0 Å². The van der Waals surface area contributed by atoms with E-state index in [2.05, 4.69) is 10.6 Å². The number of fused-ring (bicyclic) bond motifs is 1. The molecule has 3 aromatic rings. The van der Waals surface area contributed by atoms with E-state index in [1.54, 1.807) is 24.3 Å². The molecule has 0 aliphatic carbocycles. The molecule has 0 heterocycles. The Bertz CT molecular complexity index is 977. The van der Waals surface area contributed by atoms with Crippen LogP contribution in [0.2, 0.25) is 5.02 Å². The van der Waals surface area contributed by atoms with Gasteiger partial charge in [-0.2, -0.15) is 0 Å². The van der Waals surface area contributed by atoms with Gasteiger partial charge in [0, 0.05) is 35.2 Å². The zero-order valence-corrected chi connectivity index (χ0v) is 16.3. The SMILES string of the molecule is CC(CNc1cccc2cc(C(=O)O)ccc12)NCC(O)c1cccc(Cl)c1. The first-order chi connectivity index (χ1) is 13.4. The predicted octanol–water partition coefficient (Wildman–Crippen LogP) is 4.32. The number of carboxylic acids is 1. The lowest BCUT2D eigenvalue weighted by atomic mass is 10.1. The van der Waals surface area contributed by atoms with E-state index in [0.29, 0.717) is 18.1 Å². The third-order valence-corrected chi connectivity index (χ3v) is 4.85. The molecule has 0 amide bonds. The highest BCUT2D eigenvalue weighted by Gasteiger charge is 2.11. The lowest BCUT2D eigenvalue weighted by Crippen LogP contribution is -2.35. The van der Waals surface area contributed by atoms with Crippen molar-refractivity contribution >= 4 is 34.0 Å². The van der Waals surface area contributed by atoms with Crippen LogP contribution in [0.15, 0.2) is 60.7 Å². The third kappa shape index (κ3) is 5.01. The molecule has 6 heteroatoms. The standard InChI is InChI=1S/C22H23ClN2O3/c1-14(24-13-21(26)16-5-2-6-18(23)11-16)12-25-20-7-3-4-15-10-17(22(27)28)8-9-19(15)20/h2-11,14,21,24-26H,12-13H2,1H3,(H,27,28). The van der Waals surface area contributed by atoms with Crippen molar-refractivity contribution in [2.45, 2.75) is 19.1 Å². The molecule has 2 atom stereocenters. The second-order valence-electron chi connectivity index (χ2n) is 6.81. The van der Waals surface area contributed by atoms with Crippen molar-refractivity contribution < 1.29 is 15.0 Å². The van der Waals surface area contributed by atoms with E-state index >= 15 is 0 Å². The molecule has 0 aliphatic rings. The van der Waals surface area contributed by atoms with Gasteiger partial charge in [-0.1, -0.05) is 41.9 Å². The van der Waals surface area contributed by atoms with Crippen molar-refractivity contribution in [1.82, 2.24) is 5.32 Å². The van der Waals surface area contributed by atoms with E-state index in [0.717, 1.165) is 22.0 Å². The van der Waals surface area contributed by atoms with Crippen molar-refractivity contribution in [3.8, 4) is 0 Å². The number of nitrogens with one attached hydrogen (secondary N) is 2. The lowest BCUT2D eigenvalue weighted by Gasteiger charge is -2.19. The molecule has 5 nitrogen and oxygen atoms in total. The Morgan fingerprint density at radius 1 is 1.07 bits per heavy atom. The van der Waals surface area contributed by atoms with Gasteiger partial charge in [-0.15, -0.1) is 0 Å². The summed E-state index contributed by atoms with van der Waals surface area (Å²) in [4.78, 5) is 11.1. The number of carbonyl (C=O) groups is 1. The number of anilines is 1. The van der Waals surface area contributed by atoms with Crippen LogP contribution in [-0.4, -0.2) is 35.3 Å². The molecule has 0 radical (unpaired) electrons. The van der Waals surface area contributed by atoms with Gasteiger partial charge in [0.1, 0.15) is 0 Å². The molecule has 146 valence electrons. The van der Waals surface area contributed by atoms with Gasteiger partial charge in [0.25, 0.3) is 0 Å². The maximum absolute atomic E-state index is 11.1. The van der Waals surface area contributed by atoms with Gasteiger partial charge < -0.3 is 20.8 Å². The molecule has 0 fully saturated rings. The summed E-state index contributed by atoms with van der Waals surface area (Å²) in [6.45, 7) is 3.11. The average Bonchev–Trinajstić information content (AvgIpc) is 2.69. The van der Waals surface area contributed by atoms with Gasteiger partial charge in [-0.3, -0.25) is 0 Å². The molecule has 0 bridgehead atoms. The minimum atomic E-state index is -0.934. The van der Waals surface area contributed by atoms with Crippen LogP contribution in [0.4, 0.5) is 5.69 Å². The first kappa shape index (κ1) is 20.1. The van der Waals surface area contributed by atoms with Crippen molar-refractivity contribution in [3.05, 3.63) is 76.8 Å². The zero-order valence-electron chi connectivity index (χ0n) is 15.5. The molecule has 0 saturated heterocycles. The molecule has 0 spiro atoms. The monoisotopic (exact) mass is 398 g/mol. The minimum absolute atomic E-state index is 0.113. The van der Waals surface area contributed by atoms with E-state index < -0.39 is 12.1 Å². The molecule has 0 aliphatic heterocycles. The van der Waals surface area contributed by atoms with E-state index in [1.165, 1.54) is 0 Å². The smallest absolute Gasteiger partial charge is 0.335 e. The zero-order chi connectivity index (χ0) is 20.1. The average molecular weight is 399 g/mol. The molecular formula is C22H23ClN2O3. The van der Waals surface area contributed by atoms with Gasteiger partial charge in [-0.25, -0.2) is 4.79 Å². The summed E-state index contributed by atoms with van der Waals surface area (Å²) >= 11 is 5.97. The van der Waals surface area contributed by atoms with Crippen LogP contribution in [0.1, 0.15) is 28.9 Å². The maximum Gasteiger partial charge on any atom is 0.335 e. The summed E-state index contributed by atoms with van der Waals surface area (Å²) < 4.78 is 0. The summed E-state index contributed by atoms with van der Waals surface area (Å²) in [7, 11) is 0. The van der Waals surface area contributed by atoms with Crippen LogP contribution in [0.5, 0.6) is 0 Å². The minimum Gasteiger partial charge on any atom is -0.478 e. The summed E-state index contributed by atoms with van der Waals surface area (Å²) in [5.41, 5.74) is 2.00. The quantitative estimate of drug-likeness (QED) is 0.454. The fourth-order valence-electron chi connectivity index (χ4n) is 3.05. The third-order valence-electron chi connectivity index (χ3n) is 4.62. The molecule has 3 aromatic carbocycles. The van der Waals surface area contributed by atoms with Crippen LogP contribution in [0.25, 0.3) is 10.8 Å². The van der Waals surface area contributed by atoms with Crippen LogP contribution in [0.3, 0.4) is 0 Å². The molecule has 0 aromatic heterocycles. The second-order valence-corrected chi connectivity index (χ2v) is 7.24. The fourth-order valence-corrected chi connectivity index (χ4v) is 3.25. The Morgan fingerprint density at radius 3 is 2.61 bits per heavy atom. The first-order valence-corrected chi connectivity index (χ1v) is 9.48. The van der Waals surface area contributed by atoms with E-state index in [4.69, 9.17) is 16.7 Å². The fraction of sp³-hybridized carbons (Fsp3) is 0.227. The normalized spacial score (nSPS) is 13.2. The highest BCUT2D eigenvalue weighted by atomic mass is 35.5. The number of benzene rings is 3. The Hall–Kier alpha value is -2.60. The van der Waals surface area contributed by atoms with Crippen molar-refractivity contribution in [2.75, 3.05) is 18.4 Å². The summed E-state index contributed by atoms with van der Waals surface area (Å²) in [6.07, 6.45) is -0.631. The summed E-state index contributed by atoms with van der Waals surface area (Å²) in [5.74, 6) is -0.934. The number of aromatic carboxylic acids is 1. The van der Waals surface area contributed by atoms with E-state index in [9.17, 15) is 9.90 Å². The molecular weight excluding hydrogens is 376 g/mol. The number of aliphatic hydroxyl groups excluding tert-OH is 1. The van der Waals surface area contributed by atoms with Gasteiger partial charge >= 0.3 is 5.97 Å². The number of hydrogen-bond acceptors (Lipinski definition) is 4. The number of aliphatic hydroxyl groups is 1. The predicted molar refractivity (Wildman–Crippen MR) is 113 cm³/mol. The lowest BCUT2D eigenvalue weighted by molar-refractivity contribution is 0.0697. The second kappa shape index (κ2) is 9.06. The van der Waals surface area contributed by atoms with Crippen molar-refractivity contribution in [3.63, 3.8) is 0 Å². The van der Waals surface area contributed by atoms with Gasteiger partial charge in [0.15, 0.2) is 0 Å². The number of carboxylic acid groups (broad SMARTS) is 1. The first-order valence-electron chi connectivity index (χ1n) is 9.11. The van der Waals surface area contributed by atoms with Crippen molar-refractivity contribution in [2.24, 2.45) is 0 Å². The maximum atomic E-state index is 11.1. The number of halogens is 1. The van der Waals surface area contributed by atoms with Gasteiger partial charge in [0.2, 0.25) is 0 Å². The Labute approximate surface area is 169 Å². The Kier molecular flexibility index (Phi) is 6.52. The Balaban J connectivity index is 1.58. The van der Waals surface area contributed by atoms with E-state index in [1.807, 2.05) is 43.3 Å². The van der Waals surface area contributed by atoms with Crippen LogP contribution < -0.4 is 10.6 Å². The summed E-state index contributed by atoms with van der Waals surface area (Å²) in [5, 5.41) is 28.6. The van der Waals surface area contributed by atoms with Gasteiger partial charge in [-0.05, 0) is 48.2 Å². The summed E-state index contributed by atoms with van der Waals surface area (Å²) in [6, 6.07) is 18.2. The van der Waals surface area contributed by atoms with Gasteiger partial charge in [0.05, 0.1) is 11.7 Å². The van der Waals surface area contributed by atoms with Crippen LogP contribution in [-0.2, 0) is 0 Å². The van der Waals surface area contributed by atoms with Crippen LogP contribution in [0, 0.1) is 0 Å². The topological polar surface area (TPSA) is 81.6 Å². The number of hydrogen-bond donors (Lipinski definition) is 4. The largest absolute Gasteiger partial charge is 0.478 e. The highest BCUT2D eigenvalue weighted by molar-refractivity contribution is 6.30. The molecule has 28 heavy (non-hydrogen) atoms. The van der Waals surface area contributed by atoms with E-state index in [-0.39, 0.29) is 11.6 Å². The highest BCUT2D eigenvalue weighted by Crippen LogP contribution is 2.24. The molecule has 0 saturated carbocycles. The molecule has 2 unspecified atom stereocenters. The molecule has 3 rings (SSSR count). The number of rotatable bonds is 8. The Morgan fingerprint density at radius 2 is 1.86 bits per heavy atom. The molecule has 4 N–H and O–H groups in total. The van der Waals surface area contributed by atoms with Crippen LogP contribution >= 0.6 is 11.6 Å².